The van der Waals surface area contributed by atoms with E-state index in [1.54, 1.807) is 0 Å². The fourth-order valence-electron chi connectivity index (χ4n) is 5.75. The largest absolute Gasteiger partial charge is 0.489 e. The fraction of sp³-hybridized carbons (Fsp3) is 0.282. The van der Waals surface area contributed by atoms with E-state index in [1.807, 2.05) is 0 Å². The Morgan fingerprint density at radius 3 is 1.67 bits per heavy atom. The lowest BCUT2D eigenvalue weighted by Gasteiger charge is -2.14. The zero-order valence-electron chi connectivity index (χ0n) is 24.7. The molecule has 5 aromatic rings. The summed E-state index contributed by atoms with van der Waals surface area (Å²) in [7, 11) is 0. The van der Waals surface area contributed by atoms with E-state index in [4.69, 9.17) is 16.2 Å². The minimum Gasteiger partial charge on any atom is -0.489 e. The Hall–Kier alpha value is -3.92. The normalized spacial score (nSPS) is 11.2. The summed E-state index contributed by atoms with van der Waals surface area (Å²) in [6.07, 6.45) is 8.17. The van der Waals surface area contributed by atoms with Crippen molar-refractivity contribution < 1.29 is 4.74 Å². The van der Waals surface area contributed by atoms with Gasteiger partial charge in [0, 0.05) is 0 Å². The Morgan fingerprint density at radius 2 is 1.00 bits per heavy atom. The van der Waals surface area contributed by atoms with Crippen LogP contribution in [0.3, 0.4) is 0 Å². The van der Waals surface area contributed by atoms with Crippen LogP contribution in [0.2, 0.25) is 0 Å². The predicted molar refractivity (Wildman–Crippen MR) is 177 cm³/mol. The second-order valence-corrected chi connectivity index (χ2v) is 11.3. The summed E-state index contributed by atoms with van der Waals surface area (Å²) >= 11 is 0. The molecule has 4 N–H and O–H groups in total. The molecule has 0 atom stereocenters. The summed E-state index contributed by atoms with van der Waals surface area (Å²) in [6, 6.07) is 39.8. The number of hydrogen-bond donors (Lipinski definition) is 2. The monoisotopic (exact) mass is 556 g/mol. The number of benzene rings is 5. The second-order valence-electron chi connectivity index (χ2n) is 11.3. The standard InChI is InChI=1S/C39H44N2O/c40-24-6-12-30-8-3-10-32(26-30)18-19-34-21-23-38-36(28-34)15-5-16-37(38)29-42-39-17-2-1-14-35(39)22-20-33-11-4-9-31(27-33)13-7-25-41/h1-5,8-11,14-17,21,23,26-28H,6-7,12-13,18-20,22,24-25,29,40-41H2. The van der Waals surface area contributed by atoms with Gasteiger partial charge in [0.1, 0.15) is 12.4 Å². The van der Waals surface area contributed by atoms with Crippen molar-refractivity contribution in [1.29, 1.82) is 0 Å². The maximum Gasteiger partial charge on any atom is 0.123 e. The third-order valence-electron chi connectivity index (χ3n) is 8.10. The summed E-state index contributed by atoms with van der Waals surface area (Å²) in [5, 5.41) is 2.53. The zero-order valence-corrected chi connectivity index (χ0v) is 24.7. The Balaban J connectivity index is 1.21. The van der Waals surface area contributed by atoms with Gasteiger partial charge in [-0.2, -0.15) is 0 Å². The van der Waals surface area contributed by atoms with Crippen LogP contribution < -0.4 is 16.2 Å². The topological polar surface area (TPSA) is 61.3 Å². The smallest absolute Gasteiger partial charge is 0.123 e. The molecule has 0 spiro atoms. The van der Waals surface area contributed by atoms with Crippen LogP contribution in [0.5, 0.6) is 5.75 Å². The number of nitrogens with two attached hydrogens (primary N) is 2. The van der Waals surface area contributed by atoms with Crippen LogP contribution in [0.4, 0.5) is 0 Å². The Labute approximate surface area is 251 Å². The molecule has 0 fully saturated rings. The van der Waals surface area contributed by atoms with Crippen LogP contribution in [-0.4, -0.2) is 13.1 Å². The average Bonchev–Trinajstić information content (AvgIpc) is 3.04. The van der Waals surface area contributed by atoms with Gasteiger partial charge in [0.05, 0.1) is 0 Å². The van der Waals surface area contributed by atoms with Gasteiger partial charge in [-0.1, -0.05) is 103 Å². The van der Waals surface area contributed by atoms with Crippen LogP contribution in [0.25, 0.3) is 10.8 Å². The summed E-state index contributed by atoms with van der Waals surface area (Å²) in [4.78, 5) is 0. The maximum atomic E-state index is 6.45. The van der Waals surface area contributed by atoms with Crippen LogP contribution in [0.15, 0.2) is 109 Å². The van der Waals surface area contributed by atoms with Gasteiger partial charge in [0.2, 0.25) is 0 Å². The Bertz CT molecular complexity index is 1570. The van der Waals surface area contributed by atoms with Gasteiger partial charge in [-0.3, -0.25) is 0 Å². The van der Waals surface area contributed by atoms with E-state index in [-0.39, 0.29) is 0 Å². The van der Waals surface area contributed by atoms with Gasteiger partial charge in [-0.25, -0.2) is 0 Å². The SMILES string of the molecule is NCCCc1cccc(CCc2ccc3c(COc4ccccc4CCc4cccc(CCCN)c4)cccc3c2)c1. The summed E-state index contributed by atoms with van der Waals surface area (Å²) in [6.45, 7) is 2.03. The number of hydrogen-bond acceptors (Lipinski definition) is 3. The molecule has 0 aliphatic heterocycles. The molecule has 0 aliphatic carbocycles. The minimum absolute atomic E-state index is 0.553. The lowest BCUT2D eigenvalue weighted by Crippen LogP contribution is -2.02. The molecular formula is C39H44N2O. The first kappa shape index (κ1) is 29.6. The highest BCUT2D eigenvalue weighted by Gasteiger charge is 2.08. The van der Waals surface area contributed by atoms with E-state index in [1.165, 1.54) is 49.7 Å². The van der Waals surface area contributed by atoms with E-state index in [9.17, 15) is 0 Å². The predicted octanol–water partition coefficient (Wildman–Crippen LogP) is 7.77. The molecule has 0 radical (unpaired) electrons. The van der Waals surface area contributed by atoms with E-state index in [0.717, 1.165) is 70.2 Å². The summed E-state index contributed by atoms with van der Waals surface area (Å²) < 4.78 is 6.45. The third-order valence-corrected chi connectivity index (χ3v) is 8.10. The van der Waals surface area contributed by atoms with Crippen molar-refractivity contribution in [3.63, 3.8) is 0 Å². The lowest BCUT2D eigenvalue weighted by atomic mass is 9.97. The molecule has 0 bridgehead atoms. The molecular weight excluding hydrogens is 512 g/mol. The molecule has 5 aromatic carbocycles. The van der Waals surface area contributed by atoms with E-state index >= 15 is 0 Å². The van der Waals surface area contributed by atoms with Gasteiger partial charge < -0.3 is 16.2 Å². The Morgan fingerprint density at radius 1 is 0.452 bits per heavy atom. The van der Waals surface area contributed by atoms with Crippen molar-refractivity contribution >= 4 is 10.8 Å². The van der Waals surface area contributed by atoms with E-state index in [0.29, 0.717) is 6.61 Å². The molecule has 0 aliphatic rings. The number of fused-ring (bicyclic) bond motifs is 1. The molecule has 0 unspecified atom stereocenters. The zero-order chi connectivity index (χ0) is 29.0. The highest BCUT2D eigenvalue weighted by molar-refractivity contribution is 5.86. The third kappa shape index (κ3) is 8.31. The van der Waals surface area contributed by atoms with Gasteiger partial charge in [0.25, 0.3) is 0 Å². The first-order valence-corrected chi connectivity index (χ1v) is 15.5. The van der Waals surface area contributed by atoms with Crippen LogP contribution >= 0.6 is 0 Å². The fourth-order valence-corrected chi connectivity index (χ4v) is 5.75. The molecule has 0 saturated heterocycles. The van der Waals surface area contributed by atoms with Gasteiger partial charge in [-0.15, -0.1) is 0 Å². The van der Waals surface area contributed by atoms with Crippen molar-refractivity contribution in [3.05, 3.63) is 148 Å². The molecule has 0 heterocycles. The number of ether oxygens (including phenoxy) is 1. The van der Waals surface area contributed by atoms with Crippen LogP contribution in [-0.2, 0) is 45.1 Å². The van der Waals surface area contributed by atoms with Crippen LogP contribution in [0, 0.1) is 0 Å². The molecule has 42 heavy (non-hydrogen) atoms. The molecule has 216 valence electrons. The molecule has 0 aromatic heterocycles. The van der Waals surface area contributed by atoms with Crippen molar-refractivity contribution in [2.45, 2.75) is 58.0 Å². The highest BCUT2D eigenvalue weighted by atomic mass is 16.5. The van der Waals surface area contributed by atoms with Crippen molar-refractivity contribution in [2.24, 2.45) is 11.5 Å². The summed E-state index contributed by atoms with van der Waals surface area (Å²) in [5.41, 5.74) is 20.7. The molecule has 3 heteroatoms. The molecule has 0 saturated carbocycles. The van der Waals surface area contributed by atoms with Crippen LogP contribution in [0.1, 0.15) is 51.8 Å². The number of rotatable bonds is 15. The van der Waals surface area contributed by atoms with Crippen molar-refractivity contribution in [2.75, 3.05) is 13.1 Å². The van der Waals surface area contributed by atoms with E-state index in [2.05, 4.69) is 109 Å². The quantitative estimate of drug-likeness (QED) is 0.138. The minimum atomic E-state index is 0.553. The average molecular weight is 557 g/mol. The molecule has 5 rings (SSSR count). The summed E-state index contributed by atoms with van der Waals surface area (Å²) in [5.74, 6) is 0.971. The first-order chi connectivity index (χ1) is 20.7. The van der Waals surface area contributed by atoms with Crippen molar-refractivity contribution in [1.82, 2.24) is 0 Å². The Kier molecular flexibility index (Phi) is 10.8. The highest BCUT2D eigenvalue weighted by Crippen LogP contribution is 2.26. The number of para-hydroxylation sites is 1. The second kappa shape index (κ2) is 15.3. The van der Waals surface area contributed by atoms with Gasteiger partial charge >= 0.3 is 0 Å². The lowest BCUT2D eigenvalue weighted by molar-refractivity contribution is 0.304. The molecule has 0 amide bonds. The van der Waals surface area contributed by atoms with Gasteiger partial charge in [-0.05, 0) is 120 Å². The van der Waals surface area contributed by atoms with E-state index < -0.39 is 0 Å². The molecule has 3 nitrogen and oxygen atoms in total. The maximum absolute atomic E-state index is 6.45. The van der Waals surface area contributed by atoms with Gasteiger partial charge in [0.15, 0.2) is 0 Å². The number of aryl methyl sites for hydroxylation is 6. The van der Waals surface area contributed by atoms with Crippen molar-refractivity contribution in [3.8, 4) is 5.75 Å². The first-order valence-electron chi connectivity index (χ1n) is 15.5.